The minimum Gasteiger partial charge on any atom is -0.492 e. The van der Waals surface area contributed by atoms with Gasteiger partial charge in [-0.1, -0.05) is 55.9 Å². The first-order valence-electron chi connectivity index (χ1n) is 19.8. The number of nitrogens with one attached hydrogen (secondary N) is 4. The number of benzene rings is 2. The third-order valence-electron chi connectivity index (χ3n) is 10.4. The highest BCUT2D eigenvalue weighted by Gasteiger charge is 2.32. The predicted octanol–water partition coefficient (Wildman–Crippen LogP) is 5.56. The lowest BCUT2D eigenvalue weighted by Crippen LogP contribution is -2.45. The molecule has 1 unspecified atom stereocenters. The summed E-state index contributed by atoms with van der Waals surface area (Å²) in [4.78, 5) is 67.1. The predicted molar refractivity (Wildman–Crippen MR) is 227 cm³/mol. The molecule has 2 fully saturated rings. The molecule has 17 heteroatoms. The molecule has 2 aromatic carbocycles. The molecule has 3 heterocycles. The van der Waals surface area contributed by atoms with E-state index in [0.717, 1.165) is 72.3 Å². The van der Waals surface area contributed by atoms with Crippen molar-refractivity contribution in [2.75, 3.05) is 38.2 Å². The Bertz CT molecular complexity index is 2090. The lowest BCUT2D eigenvalue weighted by molar-refractivity contribution is -0.123. The van der Waals surface area contributed by atoms with Crippen molar-refractivity contribution in [3.63, 3.8) is 0 Å². The summed E-state index contributed by atoms with van der Waals surface area (Å²) in [6, 6.07) is 18.4. The van der Waals surface area contributed by atoms with Crippen molar-refractivity contribution in [3.8, 4) is 5.75 Å². The van der Waals surface area contributed by atoms with Crippen LogP contribution in [0.3, 0.4) is 0 Å². The van der Waals surface area contributed by atoms with Gasteiger partial charge in [-0.25, -0.2) is 27.7 Å². The molecule has 1 saturated carbocycles. The maximum Gasteiger partial charge on any atom is 0.328 e. The molecule has 0 bridgehead atoms. The number of anilines is 1. The van der Waals surface area contributed by atoms with Gasteiger partial charge >= 0.3 is 12.1 Å². The third-order valence-corrected chi connectivity index (χ3v) is 12.7. The Morgan fingerprint density at radius 2 is 1.68 bits per heavy atom. The Labute approximate surface area is 350 Å². The van der Waals surface area contributed by atoms with Crippen LogP contribution in [0.2, 0.25) is 0 Å². The zero-order valence-electron chi connectivity index (χ0n) is 33.9. The van der Waals surface area contributed by atoms with E-state index in [4.69, 9.17) is 4.74 Å². The lowest BCUT2D eigenvalue weighted by atomic mass is 9.87. The van der Waals surface area contributed by atoms with Gasteiger partial charge in [0.25, 0.3) is 21.2 Å². The van der Waals surface area contributed by atoms with E-state index in [2.05, 4.69) is 32.6 Å². The Morgan fingerprint density at radius 3 is 2.29 bits per heavy atom. The summed E-state index contributed by atoms with van der Waals surface area (Å²) in [6.45, 7) is 7.79. The number of pyridine rings is 1. The molecule has 1 atom stereocenters. The molecular formula is C42H53N7O8S2. The Hall–Kier alpha value is -5.42. The normalized spacial score (nSPS) is 19.1. The van der Waals surface area contributed by atoms with E-state index >= 15 is 0 Å². The van der Waals surface area contributed by atoms with Crippen LogP contribution in [-0.4, -0.2) is 92.0 Å². The number of urea groups is 2. The first-order chi connectivity index (χ1) is 28.2. The molecule has 1 aliphatic carbocycles. The highest BCUT2D eigenvalue weighted by Crippen LogP contribution is 2.25. The topological polar surface area (TPSA) is 196 Å². The molecule has 59 heavy (non-hydrogen) atoms. The molecule has 15 nitrogen and oxygen atoms in total. The second-order valence-electron chi connectivity index (χ2n) is 14.9. The van der Waals surface area contributed by atoms with E-state index in [1.54, 1.807) is 18.3 Å². The number of imide groups is 2. The third kappa shape index (κ3) is 13.0. The number of carbonyl (C=O) groups excluding carboxylic acids is 5. The number of aromatic nitrogens is 1. The van der Waals surface area contributed by atoms with Gasteiger partial charge in [-0.05, 0) is 111 Å². The van der Waals surface area contributed by atoms with Crippen molar-refractivity contribution in [2.45, 2.75) is 81.9 Å². The summed E-state index contributed by atoms with van der Waals surface area (Å²) >= 11 is 1.05. The monoisotopic (exact) mass is 847 g/mol. The first kappa shape index (κ1) is 44.7. The van der Waals surface area contributed by atoms with Crippen molar-refractivity contribution in [3.05, 3.63) is 95.2 Å². The summed E-state index contributed by atoms with van der Waals surface area (Å²) < 4.78 is 32.9. The number of hydrogen-bond donors (Lipinski definition) is 4. The second kappa shape index (κ2) is 21.0. The number of likely N-dealkylation sites (N-methyl/N-ethyl adjacent to an activating group) is 1. The number of ether oxygens (including phenoxy) is 1. The maximum absolute atomic E-state index is 12.5. The van der Waals surface area contributed by atoms with Gasteiger partial charge < -0.3 is 20.3 Å². The molecular weight excluding hydrogens is 795 g/mol. The second-order valence-corrected chi connectivity index (χ2v) is 17.7. The standard InChI is InChI=1S/C24H34N4O5S.C18H19N3O3S/c1-4-21-17(3)15-28(22(21)29)24(31)25-14-13-18-7-11-20(12-8-18)34(32,33)27-23(30)26-19-9-5-16(2)6-10-19;1-21(16-4-2-3-9-19-16)10-11-24-14-7-5-13(6-8-14)12-15-17(22)20-18(23)25-15/h7-8,11-12,16,19H,4-6,9-10,13-15H2,1-3H3,(H,25,31)(H2,26,27,30);2-9,15H,10-12H2,1H3,(H,20,22,23)/t16-,19-;. The molecule has 7 amide bonds. The average molecular weight is 848 g/mol. The summed E-state index contributed by atoms with van der Waals surface area (Å²) in [6.07, 6.45) is 7.10. The van der Waals surface area contributed by atoms with Crippen LogP contribution in [0.25, 0.3) is 0 Å². The van der Waals surface area contributed by atoms with E-state index in [1.807, 2.05) is 68.3 Å². The first-order valence-corrected chi connectivity index (χ1v) is 22.1. The molecule has 0 spiro atoms. The average Bonchev–Trinajstić information content (AvgIpc) is 3.70. The molecule has 6 rings (SSSR count). The van der Waals surface area contributed by atoms with Crippen LogP contribution in [-0.2, 0) is 32.5 Å². The van der Waals surface area contributed by atoms with Gasteiger partial charge in [-0.3, -0.25) is 24.6 Å². The van der Waals surface area contributed by atoms with E-state index in [1.165, 1.54) is 17.0 Å². The summed E-state index contributed by atoms with van der Waals surface area (Å²) in [5.74, 6) is 1.85. The number of hydrogen-bond acceptors (Lipinski definition) is 11. The molecule has 4 N–H and O–H groups in total. The molecule has 3 aliphatic rings. The number of thioether (sulfide) groups is 1. The van der Waals surface area contributed by atoms with Gasteiger partial charge in [0.2, 0.25) is 5.91 Å². The fourth-order valence-corrected chi connectivity index (χ4v) is 8.64. The minimum absolute atomic E-state index is 0.00639. The summed E-state index contributed by atoms with van der Waals surface area (Å²) in [5, 5.41) is 7.18. The molecule has 1 aromatic heterocycles. The van der Waals surface area contributed by atoms with Crippen molar-refractivity contribution in [1.29, 1.82) is 0 Å². The van der Waals surface area contributed by atoms with E-state index in [0.29, 0.717) is 50.4 Å². The number of nitrogens with zero attached hydrogens (tertiary/aromatic N) is 3. The van der Waals surface area contributed by atoms with E-state index < -0.39 is 22.1 Å². The largest absolute Gasteiger partial charge is 0.492 e. The highest BCUT2D eigenvalue weighted by molar-refractivity contribution is 8.15. The van der Waals surface area contributed by atoms with Crippen molar-refractivity contribution in [1.82, 2.24) is 30.6 Å². The number of amides is 7. The lowest BCUT2D eigenvalue weighted by Gasteiger charge is -2.26. The molecule has 2 aliphatic heterocycles. The zero-order valence-corrected chi connectivity index (χ0v) is 35.5. The summed E-state index contributed by atoms with van der Waals surface area (Å²) in [5.41, 5.74) is 3.41. The molecule has 0 radical (unpaired) electrons. The van der Waals surface area contributed by atoms with Gasteiger partial charge in [0.05, 0.1) is 23.2 Å². The van der Waals surface area contributed by atoms with Crippen molar-refractivity contribution >= 4 is 56.7 Å². The fourth-order valence-electron chi connectivity index (χ4n) is 6.87. The van der Waals surface area contributed by atoms with Gasteiger partial charge in [-0.15, -0.1) is 0 Å². The molecule has 316 valence electrons. The van der Waals surface area contributed by atoms with Crippen LogP contribution >= 0.6 is 11.8 Å². The SMILES string of the molecule is CCC1=C(C)CN(C(=O)NCCc2ccc(S(=O)(=O)NC(=O)N[C@H]3CC[C@H](C)CC3)cc2)C1=O.CN(CCOc1ccc(CC2SC(=O)NC2=O)cc1)c1ccccn1. The number of sulfonamides is 1. The van der Waals surface area contributed by atoms with Gasteiger partial charge in [-0.2, -0.15) is 0 Å². The number of carbonyl (C=O) groups is 5. The smallest absolute Gasteiger partial charge is 0.328 e. The van der Waals surface area contributed by atoms with Crippen molar-refractivity contribution < 1.29 is 37.1 Å². The quantitative estimate of drug-likeness (QED) is 0.159. The zero-order chi connectivity index (χ0) is 42.5. The van der Waals surface area contributed by atoms with Gasteiger partial charge in [0, 0.05) is 31.4 Å². The molecule has 3 aromatic rings. The van der Waals surface area contributed by atoms with Crippen molar-refractivity contribution in [2.24, 2.45) is 5.92 Å². The Balaban J connectivity index is 0.000000235. The fraction of sp³-hybridized carbons (Fsp3) is 0.429. The van der Waals surface area contributed by atoms with Gasteiger partial charge in [0.15, 0.2) is 0 Å². The van der Waals surface area contributed by atoms with E-state index in [-0.39, 0.29) is 33.2 Å². The van der Waals surface area contributed by atoms with Crippen LogP contribution in [0.15, 0.2) is 89.0 Å². The van der Waals surface area contributed by atoms with Gasteiger partial charge in [0.1, 0.15) is 18.2 Å². The Kier molecular flexibility index (Phi) is 15.9. The number of rotatable bonds is 14. The maximum atomic E-state index is 12.5. The van der Waals surface area contributed by atoms with Crippen LogP contribution in [0, 0.1) is 5.92 Å². The summed E-state index contributed by atoms with van der Waals surface area (Å²) in [7, 11) is -2.01. The van der Waals surface area contributed by atoms with Crippen LogP contribution in [0.1, 0.15) is 64.0 Å². The van der Waals surface area contributed by atoms with E-state index in [9.17, 15) is 32.4 Å². The highest BCUT2D eigenvalue weighted by atomic mass is 32.2. The van der Waals surface area contributed by atoms with Crippen LogP contribution in [0.5, 0.6) is 5.75 Å². The van der Waals surface area contributed by atoms with Crippen LogP contribution < -0.4 is 30.3 Å². The Morgan fingerprint density at radius 1 is 0.983 bits per heavy atom. The van der Waals surface area contributed by atoms with Crippen LogP contribution in [0.4, 0.5) is 20.2 Å². The minimum atomic E-state index is -3.98. The molecule has 1 saturated heterocycles.